The Labute approximate surface area is 143 Å². The van der Waals surface area contributed by atoms with Gasteiger partial charge in [-0.05, 0) is 29.0 Å². The number of hydrazone groups is 1. The average Bonchev–Trinajstić information content (AvgIpc) is 3.23. The molecule has 5 heteroatoms. The first-order chi connectivity index (χ1) is 11.8. The van der Waals surface area contributed by atoms with Crippen molar-refractivity contribution in [3.63, 3.8) is 0 Å². The zero-order valence-electron chi connectivity index (χ0n) is 12.8. The van der Waals surface area contributed by atoms with E-state index in [1.54, 1.807) is 17.6 Å². The van der Waals surface area contributed by atoms with Crippen LogP contribution in [0.5, 0.6) is 0 Å². The summed E-state index contributed by atoms with van der Waals surface area (Å²) in [5, 5.41) is 10.3. The number of para-hydroxylation sites is 2. The molecule has 0 fully saturated rings. The number of thiophene rings is 1. The lowest BCUT2D eigenvalue weighted by Crippen LogP contribution is -2.23. The number of carbonyl (C=O) groups excluding carboxylic acids is 1. The van der Waals surface area contributed by atoms with Crippen LogP contribution in [0.1, 0.15) is 5.56 Å². The SMILES string of the molecule is O=C(Cn1c2ccccc2c2ccccc21)N/N=C\c1ccsc1. The molecular weight excluding hydrogens is 318 g/mol. The van der Waals surface area contributed by atoms with Crippen molar-refractivity contribution in [2.45, 2.75) is 6.54 Å². The summed E-state index contributed by atoms with van der Waals surface area (Å²) in [4.78, 5) is 12.3. The first-order valence-corrected chi connectivity index (χ1v) is 8.57. The van der Waals surface area contributed by atoms with Crippen LogP contribution in [0.2, 0.25) is 0 Å². The molecule has 1 N–H and O–H groups in total. The minimum atomic E-state index is -0.145. The van der Waals surface area contributed by atoms with Gasteiger partial charge >= 0.3 is 0 Å². The molecule has 118 valence electrons. The second-order valence-corrected chi connectivity index (χ2v) is 6.25. The van der Waals surface area contributed by atoms with Crippen LogP contribution in [0.3, 0.4) is 0 Å². The van der Waals surface area contributed by atoms with E-state index in [1.807, 2.05) is 57.8 Å². The van der Waals surface area contributed by atoms with E-state index in [0.717, 1.165) is 27.4 Å². The van der Waals surface area contributed by atoms with E-state index < -0.39 is 0 Å². The van der Waals surface area contributed by atoms with Crippen LogP contribution in [-0.4, -0.2) is 16.7 Å². The predicted octanol–water partition coefficient (Wildman–Crippen LogP) is 4.01. The van der Waals surface area contributed by atoms with Crippen molar-refractivity contribution in [3.8, 4) is 0 Å². The number of benzene rings is 2. The van der Waals surface area contributed by atoms with Crippen molar-refractivity contribution >= 4 is 45.3 Å². The molecule has 24 heavy (non-hydrogen) atoms. The fourth-order valence-corrected chi connectivity index (χ4v) is 3.49. The van der Waals surface area contributed by atoms with Crippen molar-refractivity contribution in [2.75, 3.05) is 0 Å². The first-order valence-electron chi connectivity index (χ1n) is 7.63. The van der Waals surface area contributed by atoms with Gasteiger partial charge in [0.25, 0.3) is 5.91 Å². The van der Waals surface area contributed by atoms with E-state index in [-0.39, 0.29) is 12.5 Å². The van der Waals surface area contributed by atoms with Crippen LogP contribution < -0.4 is 5.43 Å². The molecule has 0 atom stereocenters. The summed E-state index contributed by atoms with van der Waals surface area (Å²) in [6.45, 7) is 0.231. The van der Waals surface area contributed by atoms with Gasteiger partial charge in [0.15, 0.2) is 0 Å². The lowest BCUT2D eigenvalue weighted by molar-refractivity contribution is -0.121. The molecule has 0 radical (unpaired) electrons. The molecule has 0 spiro atoms. The molecule has 4 rings (SSSR count). The lowest BCUT2D eigenvalue weighted by atomic mass is 10.2. The third-order valence-electron chi connectivity index (χ3n) is 3.93. The number of nitrogens with one attached hydrogen (secondary N) is 1. The molecule has 4 nitrogen and oxygen atoms in total. The summed E-state index contributed by atoms with van der Waals surface area (Å²) >= 11 is 1.60. The summed E-state index contributed by atoms with van der Waals surface area (Å²) in [5.41, 5.74) is 5.69. The van der Waals surface area contributed by atoms with E-state index in [2.05, 4.69) is 22.7 Å². The monoisotopic (exact) mass is 333 g/mol. The Morgan fingerprint density at radius 1 is 1.04 bits per heavy atom. The number of aromatic nitrogens is 1. The summed E-state index contributed by atoms with van der Waals surface area (Å²) in [6.07, 6.45) is 1.65. The summed E-state index contributed by atoms with van der Waals surface area (Å²) < 4.78 is 2.03. The Bertz CT molecular complexity index is 978. The Balaban J connectivity index is 1.62. The van der Waals surface area contributed by atoms with Gasteiger partial charge in [-0.1, -0.05) is 36.4 Å². The third kappa shape index (κ3) is 2.70. The van der Waals surface area contributed by atoms with Crippen LogP contribution >= 0.6 is 11.3 Å². The second kappa shape index (κ2) is 6.29. The topological polar surface area (TPSA) is 46.4 Å². The number of amides is 1. The van der Waals surface area contributed by atoms with Gasteiger partial charge in [0.05, 0.1) is 6.21 Å². The average molecular weight is 333 g/mol. The fraction of sp³-hybridized carbons (Fsp3) is 0.0526. The van der Waals surface area contributed by atoms with Crippen molar-refractivity contribution < 1.29 is 4.79 Å². The number of rotatable bonds is 4. The highest BCUT2D eigenvalue weighted by Gasteiger charge is 2.11. The standard InChI is InChI=1S/C19H15N3OS/c23-19(21-20-11-14-9-10-24-13-14)12-22-17-7-3-1-5-15(17)16-6-2-4-8-18(16)22/h1-11,13H,12H2,(H,21,23)/b20-11-. The van der Waals surface area contributed by atoms with Crippen LogP contribution in [-0.2, 0) is 11.3 Å². The number of hydrogen-bond donors (Lipinski definition) is 1. The van der Waals surface area contributed by atoms with Gasteiger partial charge in [-0.3, -0.25) is 4.79 Å². The van der Waals surface area contributed by atoms with E-state index in [9.17, 15) is 4.79 Å². The van der Waals surface area contributed by atoms with Gasteiger partial charge in [-0.2, -0.15) is 16.4 Å². The molecule has 2 aromatic heterocycles. The quantitative estimate of drug-likeness (QED) is 0.445. The molecule has 0 unspecified atom stereocenters. The molecule has 0 aliphatic rings. The Hall–Kier alpha value is -2.92. The first kappa shape index (κ1) is 14.7. The molecule has 0 aliphatic heterocycles. The van der Waals surface area contributed by atoms with Gasteiger partial charge in [0.1, 0.15) is 6.54 Å². The summed E-state index contributed by atoms with van der Waals surface area (Å²) in [5.74, 6) is -0.145. The normalized spacial score (nSPS) is 11.5. The van der Waals surface area contributed by atoms with E-state index in [1.165, 1.54) is 0 Å². The van der Waals surface area contributed by atoms with Gasteiger partial charge < -0.3 is 4.57 Å². The molecule has 2 aromatic carbocycles. The number of hydrogen-bond acceptors (Lipinski definition) is 3. The van der Waals surface area contributed by atoms with E-state index in [4.69, 9.17) is 0 Å². The van der Waals surface area contributed by atoms with Crippen LogP contribution in [0.4, 0.5) is 0 Å². The van der Waals surface area contributed by atoms with Crippen LogP contribution in [0.15, 0.2) is 70.5 Å². The molecule has 4 aromatic rings. The zero-order valence-corrected chi connectivity index (χ0v) is 13.7. The lowest BCUT2D eigenvalue weighted by Gasteiger charge is -2.06. The zero-order chi connectivity index (χ0) is 16.4. The fourth-order valence-electron chi connectivity index (χ4n) is 2.88. The Kier molecular flexibility index (Phi) is 3.84. The van der Waals surface area contributed by atoms with Crippen LogP contribution in [0, 0.1) is 0 Å². The molecule has 0 aliphatic carbocycles. The maximum atomic E-state index is 12.3. The minimum Gasteiger partial charge on any atom is -0.331 e. The highest BCUT2D eigenvalue weighted by atomic mass is 32.1. The molecule has 2 heterocycles. The Morgan fingerprint density at radius 2 is 1.71 bits per heavy atom. The number of nitrogens with zero attached hydrogens (tertiary/aromatic N) is 2. The molecular formula is C19H15N3OS. The van der Waals surface area contributed by atoms with Crippen molar-refractivity contribution in [1.82, 2.24) is 9.99 Å². The molecule has 1 amide bonds. The second-order valence-electron chi connectivity index (χ2n) is 5.47. The molecule has 0 saturated carbocycles. The van der Waals surface area contributed by atoms with E-state index in [0.29, 0.717) is 0 Å². The number of carbonyl (C=O) groups is 1. The Morgan fingerprint density at radius 3 is 2.33 bits per heavy atom. The van der Waals surface area contributed by atoms with Crippen molar-refractivity contribution in [3.05, 3.63) is 70.9 Å². The number of fused-ring (bicyclic) bond motifs is 3. The van der Waals surface area contributed by atoms with E-state index >= 15 is 0 Å². The largest absolute Gasteiger partial charge is 0.331 e. The third-order valence-corrected chi connectivity index (χ3v) is 4.63. The highest BCUT2D eigenvalue weighted by Crippen LogP contribution is 2.28. The molecule has 0 bridgehead atoms. The smallest absolute Gasteiger partial charge is 0.260 e. The molecule has 0 saturated heterocycles. The predicted molar refractivity (Wildman–Crippen MR) is 99.5 cm³/mol. The maximum Gasteiger partial charge on any atom is 0.260 e. The van der Waals surface area contributed by atoms with Crippen molar-refractivity contribution in [1.29, 1.82) is 0 Å². The van der Waals surface area contributed by atoms with Crippen molar-refractivity contribution in [2.24, 2.45) is 5.10 Å². The summed E-state index contributed by atoms with van der Waals surface area (Å²) in [7, 11) is 0. The van der Waals surface area contributed by atoms with Gasteiger partial charge in [0, 0.05) is 27.4 Å². The maximum absolute atomic E-state index is 12.3. The van der Waals surface area contributed by atoms with Gasteiger partial charge in [-0.15, -0.1) is 0 Å². The van der Waals surface area contributed by atoms with Crippen LogP contribution in [0.25, 0.3) is 21.8 Å². The minimum absolute atomic E-state index is 0.145. The highest BCUT2D eigenvalue weighted by molar-refractivity contribution is 7.08. The van der Waals surface area contributed by atoms with Gasteiger partial charge in [0.2, 0.25) is 0 Å². The van der Waals surface area contributed by atoms with Gasteiger partial charge in [-0.25, -0.2) is 5.43 Å². The summed E-state index contributed by atoms with van der Waals surface area (Å²) in [6, 6.07) is 18.2.